The second kappa shape index (κ2) is 2.21. The summed E-state index contributed by atoms with van der Waals surface area (Å²) in [4.78, 5) is 0. The molecule has 2 aliphatic rings. The summed E-state index contributed by atoms with van der Waals surface area (Å²) in [6.07, 6.45) is 4.15. The Morgan fingerprint density at radius 1 is 1.60 bits per heavy atom. The molecule has 0 aromatic rings. The molecule has 1 aliphatic heterocycles. The first-order chi connectivity index (χ1) is 4.85. The Kier molecular flexibility index (Phi) is 1.46. The van der Waals surface area contributed by atoms with Crippen LogP contribution in [0, 0.1) is 11.3 Å². The molecule has 0 aromatic heterocycles. The highest BCUT2D eigenvalue weighted by molar-refractivity contribution is 4.95. The Labute approximate surface area is 62.2 Å². The van der Waals surface area contributed by atoms with Crippen molar-refractivity contribution in [1.82, 2.24) is 5.32 Å². The molecule has 0 amide bonds. The van der Waals surface area contributed by atoms with Gasteiger partial charge in [-0.3, -0.25) is 0 Å². The minimum atomic E-state index is 0.503. The molecule has 2 fully saturated rings. The number of hydrogen-bond donors (Lipinski definition) is 2. The van der Waals surface area contributed by atoms with Gasteiger partial charge < -0.3 is 11.1 Å². The van der Waals surface area contributed by atoms with E-state index >= 15 is 0 Å². The van der Waals surface area contributed by atoms with Crippen molar-refractivity contribution < 1.29 is 0 Å². The maximum absolute atomic E-state index is 5.74. The van der Waals surface area contributed by atoms with Crippen molar-refractivity contribution in [2.75, 3.05) is 19.6 Å². The number of piperidine rings is 1. The molecule has 1 saturated carbocycles. The average molecular weight is 140 g/mol. The van der Waals surface area contributed by atoms with Gasteiger partial charge in [0, 0.05) is 6.54 Å². The zero-order valence-electron chi connectivity index (χ0n) is 6.40. The van der Waals surface area contributed by atoms with Gasteiger partial charge in [0.25, 0.3) is 0 Å². The highest BCUT2D eigenvalue weighted by atomic mass is 14.9. The standard InChI is InChI=1S/C8H16N2/c9-5-8-2-1-7(3-8)4-10-6-8/h7,10H,1-6,9H2. The third-order valence-corrected chi connectivity index (χ3v) is 3.17. The lowest BCUT2D eigenvalue weighted by Gasteiger charge is -2.32. The summed E-state index contributed by atoms with van der Waals surface area (Å²) >= 11 is 0. The molecule has 2 unspecified atom stereocenters. The van der Waals surface area contributed by atoms with Crippen molar-refractivity contribution in [3.63, 3.8) is 0 Å². The molecule has 0 aromatic carbocycles. The molecule has 1 heterocycles. The molecular weight excluding hydrogens is 124 g/mol. The number of hydrogen-bond acceptors (Lipinski definition) is 2. The second-order valence-corrected chi connectivity index (χ2v) is 3.94. The first-order valence-corrected chi connectivity index (χ1v) is 4.25. The minimum absolute atomic E-state index is 0.503. The van der Waals surface area contributed by atoms with Gasteiger partial charge in [-0.05, 0) is 43.7 Å². The zero-order valence-corrected chi connectivity index (χ0v) is 6.40. The van der Waals surface area contributed by atoms with Crippen LogP contribution in [0.25, 0.3) is 0 Å². The van der Waals surface area contributed by atoms with Crippen molar-refractivity contribution in [2.45, 2.75) is 19.3 Å². The van der Waals surface area contributed by atoms with Crippen LogP contribution in [-0.4, -0.2) is 19.6 Å². The number of rotatable bonds is 1. The number of nitrogens with one attached hydrogen (secondary N) is 1. The zero-order chi connectivity index (χ0) is 7.03. The summed E-state index contributed by atoms with van der Waals surface area (Å²) < 4.78 is 0. The van der Waals surface area contributed by atoms with Gasteiger partial charge in [0.1, 0.15) is 0 Å². The van der Waals surface area contributed by atoms with E-state index in [2.05, 4.69) is 5.32 Å². The molecule has 58 valence electrons. The van der Waals surface area contributed by atoms with E-state index in [9.17, 15) is 0 Å². The molecule has 2 bridgehead atoms. The van der Waals surface area contributed by atoms with Crippen molar-refractivity contribution >= 4 is 0 Å². The number of fused-ring (bicyclic) bond motifs is 2. The van der Waals surface area contributed by atoms with Crippen LogP contribution < -0.4 is 11.1 Å². The van der Waals surface area contributed by atoms with E-state index in [0.29, 0.717) is 5.41 Å². The first-order valence-electron chi connectivity index (χ1n) is 4.25. The fourth-order valence-electron chi connectivity index (χ4n) is 2.46. The molecule has 3 N–H and O–H groups in total. The Morgan fingerprint density at radius 3 is 3.20 bits per heavy atom. The maximum Gasteiger partial charge on any atom is 0.00201 e. The van der Waals surface area contributed by atoms with E-state index in [0.717, 1.165) is 12.5 Å². The van der Waals surface area contributed by atoms with Gasteiger partial charge in [0.05, 0.1) is 0 Å². The lowest BCUT2D eigenvalue weighted by atomic mass is 9.83. The lowest BCUT2D eigenvalue weighted by Crippen LogP contribution is -2.43. The first kappa shape index (κ1) is 6.62. The van der Waals surface area contributed by atoms with Crippen molar-refractivity contribution in [1.29, 1.82) is 0 Å². The smallest absolute Gasteiger partial charge is 0.00201 e. The summed E-state index contributed by atoms with van der Waals surface area (Å²) in [5, 5.41) is 3.46. The third-order valence-electron chi connectivity index (χ3n) is 3.17. The SMILES string of the molecule is NCC12CCC(CNC1)C2. The van der Waals surface area contributed by atoms with Gasteiger partial charge in [-0.2, -0.15) is 0 Å². The second-order valence-electron chi connectivity index (χ2n) is 3.94. The van der Waals surface area contributed by atoms with Gasteiger partial charge in [-0.1, -0.05) is 0 Å². The van der Waals surface area contributed by atoms with Gasteiger partial charge in [-0.15, -0.1) is 0 Å². The van der Waals surface area contributed by atoms with Gasteiger partial charge in [0.2, 0.25) is 0 Å². The van der Waals surface area contributed by atoms with Crippen LogP contribution in [0.5, 0.6) is 0 Å². The summed E-state index contributed by atoms with van der Waals surface area (Å²) in [7, 11) is 0. The predicted octanol–water partition coefficient (Wildman–Crippen LogP) is 0.335. The molecule has 2 atom stereocenters. The Bertz CT molecular complexity index is 131. The van der Waals surface area contributed by atoms with E-state index in [1.165, 1.54) is 32.4 Å². The van der Waals surface area contributed by atoms with E-state index in [4.69, 9.17) is 5.73 Å². The van der Waals surface area contributed by atoms with E-state index < -0.39 is 0 Å². The Balaban J connectivity index is 2.10. The highest BCUT2D eigenvalue weighted by Gasteiger charge is 2.40. The predicted molar refractivity (Wildman–Crippen MR) is 41.7 cm³/mol. The number of nitrogens with two attached hydrogens (primary N) is 1. The van der Waals surface area contributed by atoms with Gasteiger partial charge >= 0.3 is 0 Å². The van der Waals surface area contributed by atoms with Crippen LogP contribution in [0.15, 0.2) is 0 Å². The van der Waals surface area contributed by atoms with E-state index in [1.54, 1.807) is 0 Å². The largest absolute Gasteiger partial charge is 0.330 e. The molecule has 2 nitrogen and oxygen atoms in total. The normalized spacial score (nSPS) is 45.9. The topological polar surface area (TPSA) is 38.0 Å². The van der Waals surface area contributed by atoms with Crippen LogP contribution in [-0.2, 0) is 0 Å². The third kappa shape index (κ3) is 0.867. The molecule has 1 saturated heterocycles. The molecule has 2 rings (SSSR count). The van der Waals surface area contributed by atoms with E-state index in [1.807, 2.05) is 0 Å². The molecule has 0 radical (unpaired) electrons. The molecular formula is C8H16N2. The van der Waals surface area contributed by atoms with Crippen molar-refractivity contribution in [2.24, 2.45) is 17.1 Å². The summed E-state index contributed by atoms with van der Waals surface area (Å²) in [5.41, 5.74) is 6.24. The lowest BCUT2D eigenvalue weighted by molar-refractivity contribution is 0.240. The quantitative estimate of drug-likeness (QED) is 0.551. The minimum Gasteiger partial charge on any atom is -0.330 e. The fourth-order valence-corrected chi connectivity index (χ4v) is 2.46. The Hall–Kier alpha value is -0.0800. The molecule has 2 heteroatoms. The monoisotopic (exact) mass is 140 g/mol. The Morgan fingerprint density at radius 2 is 2.50 bits per heavy atom. The molecule has 10 heavy (non-hydrogen) atoms. The van der Waals surface area contributed by atoms with Crippen LogP contribution in [0.1, 0.15) is 19.3 Å². The summed E-state index contributed by atoms with van der Waals surface area (Å²) in [6, 6.07) is 0. The van der Waals surface area contributed by atoms with Gasteiger partial charge in [-0.25, -0.2) is 0 Å². The summed E-state index contributed by atoms with van der Waals surface area (Å²) in [6.45, 7) is 3.29. The molecule has 1 aliphatic carbocycles. The molecule has 0 spiro atoms. The van der Waals surface area contributed by atoms with Crippen molar-refractivity contribution in [3.05, 3.63) is 0 Å². The van der Waals surface area contributed by atoms with Crippen molar-refractivity contribution in [3.8, 4) is 0 Å². The maximum atomic E-state index is 5.74. The van der Waals surface area contributed by atoms with E-state index in [-0.39, 0.29) is 0 Å². The average Bonchev–Trinajstić information content (AvgIpc) is 2.29. The van der Waals surface area contributed by atoms with Crippen LogP contribution in [0.2, 0.25) is 0 Å². The summed E-state index contributed by atoms with van der Waals surface area (Å²) in [5.74, 6) is 0.942. The van der Waals surface area contributed by atoms with Crippen LogP contribution in [0.4, 0.5) is 0 Å². The van der Waals surface area contributed by atoms with Crippen LogP contribution >= 0.6 is 0 Å². The van der Waals surface area contributed by atoms with Crippen LogP contribution in [0.3, 0.4) is 0 Å². The highest BCUT2D eigenvalue weighted by Crippen LogP contribution is 2.42. The fraction of sp³-hybridized carbons (Fsp3) is 1.00. The van der Waals surface area contributed by atoms with Gasteiger partial charge in [0.15, 0.2) is 0 Å².